The molecule has 0 spiro atoms. The fourth-order valence-corrected chi connectivity index (χ4v) is 4.01. The zero-order chi connectivity index (χ0) is 14.0. The van der Waals surface area contributed by atoms with Gasteiger partial charge < -0.3 is 11.1 Å². The number of hydrogen-bond donors (Lipinski definition) is 2. The summed E-state index contributed by atoms with van der Waals surface area (Å²) in [5, 5.41) is 2.76. The molecule has 1 rings (SSSR count). The van der Waals surface area contributed by atoms with Gasteiger partial charge in [-0.25, -0.2) is 8.42 Å². The van der Waals surface area contributed by atoms with E-state index in [-0.39, 0.29) is 28.3 Å². The van der Waals surface area contributed by atoms with Crippen LogP contribution in [-0.2, 0) is 14.6 Å². The smallest absolute Gasteiger partial charge is 0.232 e. The Morgan fingerprint density at radius 2 is 2.17 bits per heavy atom. The Hall–Kier alpha value is -0.690. The van der Waals surface area contributed by atoms with Crippen LogP contribution in [-0.4, -0.2) is 37.4 Å². The van der Waals surface area contributed by atoms with Gasteiger partial charge in [-0.3, -0.25) is 4.79 Å². The number of amides is 1. The molecule has 2 unspecified atom stereocenters. The molecule has 0 bridgehead atoms. The van der Waals surface area contributed by atoms with E-state index in [4.69, 9.17) is 18.0 Å². The Balaban J connectivity index is 2.54. The molecule has 1 heterocycles. The first-order valence-corrected chi connectivity index (χ1v) is 8.23. The molecule has 7 heteroatoms. The van der Waals surface area contributed by atoms with Gasteiger partial charge in [-0.1, -0.05) is 19.1 Å². The predicted octanol–water partition coefficient (Wildman–Crippen LogP) is 0.240. The second kappa shape index (κ2) is 5.52. The van der Waals surface area contributed by atoms with E-state index in [1.54, 1.807) is 6.92 Å². The lowest BCUT2D eigenvalue weighted by atomic mass is 9.86. The van der Waals surface area contributed by atoms with Crippen molar-refractivity contribution in [1.29, 1.82) is 0 Å². The molecule has 1 aliphatic rings. The number of nitrogens with one attached hydrogen (secondary N) is 1. The van der Waals surface area contributed by atoms with Crippen molar-refractivity contribution >= 4 is 33.0 Å². The highest BCUT2D eigenvalue weighted by Crippen LogP contribution is 2.23. The molecule has 3 N–H and O–H groups in total. The Kier molecular flexibility index (Phi) is 4.72. The van der Waals surface area contributed by atoms with Crippen LogP contribution < -0.4 is 11.1 Å². The van der Waals surface area contributed by atoms with Crippen molar-refractivity contribution in [3.05, 3.63) is 0 Å². The zero-order valence-corrected chi connectivity index (χ0v) is 12.4. The SMILES string of the molecule is CCC(C)(C(=O)NCC1CCS(=O)(=O)C1)C(N)=S. The Morgan fingerprint density at radius 1 is 1.56 bits per heavy atom. The van der Waals surface area contributed by atoms with Gasteiger partial charge in [-0.05, 0) is 25.7 Å². The number of rotatable bonds is 5. The molecule has 2 atom stereocenters. The van der Waals surface area contributed by atoms with Crippen LogP contribution in [0, 0.1) is 11.3 Å². The molecule has 1 aliphatic heterocycles. The third-order valence-corrected chi connectivity index (χ3v) is 5.92. The summed E-state index contributed by atoms with van der Waals surface area (Å²) in [6.45, 7) is 3.92. The van der Waals surface area contributed by atoms with Gasteiger partial charge in [0.15, 0.2) is 9.84 Å². The Bertz CT molecular complexity index is 447. The van der Waals surface area contributed by atoms with E-state index < -0.39 is 15.3 Å². The molecule has 0 radical (unpaired) electrons. The summed E-state index contributed by atoms with van der Waals surface area (Å²) in [7, 11) is -2.90. The van der Waals surface area contributed by atoms with Gasteiger partial charge in [-0.2, -0.15) is 0 Å². The number of carbonyl (C=O) groups is 1. The van der Waals surface area contributed by atoms with Crippen LogP contribution >= 0.6 is 12.2 Å². The van der Waals surface area contributed by atoms with E-state index in [0.717, 1.165) is 0 Å². The van der Waals surface area contributed by atoms with E-state index in [1.807, 2.05) is 6.92 Å². The van der Waals surface area contributed by atoms with E-state index >= 15 is 0 Å². The first kappa shape index (κ1) is 15.4. The molecule has 0 aliphatic carbocycles. The van der Waals surface area contributed by atoms with Crippen molar-refractivity contribution < 1.29 is 13.2 Å². The van der Waals surface area contributed by atoms with E-state index in [0.29, 0.717) is 19.4 Å². The van der Waals surface area contributed by atoms with Gasteiger partial charge in [0.05, 0.1) is 21.9 Å². The monoisotopic (exact) mass is 292 g/mol. The summed E-state index contributed by atoms with van der Waals surface area (Å²) in [5.41, 5.74) is 4.73. The van der Waals surface area contributed by atoms with E-state index in [9.17, 15) is 13.2 Å². The highest BCUT2D eigenvalue weighted by Gasteiger charge is 2.35. The fraction of sp³-hybridized carbons (Fsp3) is 0.818. The Morgan fingerprint density at radius 3 is 2.56 bits per heavy atom. The quantitative estimate of drug-likeness (QED) is 0.709. The minimum Gasteiger partial charge on any atom is -0.392 e. The summed E-state index contributed by atoms with van der Waals surface area (Å²) >= 11 is 4.91. The van der Waals surface area contributed by atoms with Gasteiger partial charge in [0, 0.05) is 6.54 Å². The topological polar surface area (TPSA) is 89.3 Å². The van der Waals surface area contributed by atoms with Crippen molar-refractivity contribution in [2.75, 3.05) is 18.1 Å². The molecule has 0 aromatic carbocycles. The van der Waals surface area contributed by atoms with Crippen LogP contribution in [0.15, 0.2) is 0 Å². The van der Waals surface area contributed by atoms with Crippen molar-refractivity contribution in [3.8, 4) is 0 Å². The third kappa shape index (κ3) is 3.41. The van der Waals surface area contributed by atoms with Gasteiger partial charge in [-0.15, -0.1) is 0 Å². The van der Waals surface area contributed by atoms with Crippen LogP contribution in [0.3, 0.4) is 0 Å². The van der Waals surface area contributed by atoms with E-state index in [1.165, 1.54) is 0 Å². The summed E-state index contributed by atoms with van der Waals surface area (Å²) in [6.07, 6.45) is 1.13. The summed E-state index contributed by atoms with van der Waals surface area (Å²) in [6, 6.07) is 0. The van der Waals surface area contributed by atoms with Gasteiger partial charge in [0.1, 0.15) is 0 Å². The first-order chi connectivity index (χ1) is 8.21. The highest BCUT2D eigenvalue weighted by molar-refractivity contribution is 7.91. The van der Waals surface area contributed by atoms with Crippen LogP contribution in [0.5, 0.6) is 0 Å². The molecule has 104 valence electrons. The maximum Gasteiger partial charge on any atom is 0.232 e. The average molecular weight is 292 g/mol. The number of nitrogens with two attached hydrogens (primary N) is 1. The van der Waals surface area contributed by atoms with Crippen molar-refractivity contribution in [1.82, 2.24) is 5.32 Å². The summed E-state index contributed by atoms with van der Waals surface area (Å²) in [4.78, 5) is 12.2. The highest BCUT2D eigenvalue weighted by atomic mass is 32.2. The van der Waals surface area contributed by atoms with Crippen molar-refractivity contribution in [3.63, 3.8) is 0 Å². The van der Waals surface area contributed by atoms with Crippen LogP contribution in [0.2, 0.25) is 0 Å². The maximum atomic E-state index is 12.0. The van der Waals surface area contributed by atoms with Gasteiger partial charge in [0.2, 0.25) is 5.91 Å². The molecular formula is C11H20N2O3S2. The number of thiocarbonyl (C=S) groups is 1. The molecule has 1 fully saturated rings. The Labute approximate surface area is 113 Å². The number of carbonyl (C=O) groups excluding carboxylic acids is 1. The van der Waals surface area contributed by atoms with E-state index in [2.05, 4.69) is 5.32 Å². The van der Waals surface area contributed by atoms with Crippen LogP contribution in [0.4, 0.5) is 0 Å². The number of hydrogen-bond acceptors (Lipinski definition) is 4. The lowest BCUT2D eigenvalue weighted by molar-refractivity contribution is -0.127. The largest absolute Gasteiger partial charge is 0.392 e. The summed E-state index contributed by atoms with van der Waals surface area (Å²) < 4.78 is 22.6. The minimum absolute atomic E-state index is 0.00593. The molecule has 0 aromatic rings. The molecular weight excluding hydrogens is 272 g/mol. The second-order valence-electron chi connectivity index (χ2n) is 5.03. The third-order valence-electron chi connectivity index (χ3n) is 3.63. The minimum atomic E-state index is -2.90. The van der Waals surface area contributed by atoms with Crippen LogP contribution in [0.25, 0.3) is 0 Å². The maximum absolute atomic E-state index is 12.0. The van der Waals surface area contributed by atoms with Gasteiger partial charge in [0.25, 0.3) is 0 Å². The van der Waals surface area contributed by atoms with Crippen LogP contribution in [0.1, 0.15) is 26.7 Å². The molecule has 1 amide bonds. The summed E-state index contributed by atoms with van der Waals surface area (Å²) in [5.74, 6) is 0.157. The molecule has 0 saturated carbocycles. The standard InChI is InChI=1S/C11H20N2O3S2/c1-3-11(2,9(12)17)10(14)13-6-8-4-5-18(15,16)7-8/h8H,3-7H2,1-2H3,(H2,12,17)(H,13,14). The lowest BCUT2D eigenvalue weighted by Gasteiger charge is -2.26. The first-order valence-electron chi connectivity index (χ1n) is 6.00. The molecule has 18 heavy (non-hydrogen) atoms. The molecule has 0 aromatic heterocycles. The second-order valence-corrected chi connectivity index (χ2v) is 7.70. The lowest BCUT2D eigenvalue weighted by Crippen LogP contribution is -2.47. The normalized spacial score (nSPS) is 25.3. The van der Waals surface area contributed by atoms with Crippen molar-refractivity contribution in [2.45, 2.75) is 26.7 Å². The fourth-order valence-electron chi connectivity index (χ4n) is 1.91. The predicted molar refractivity (Wildman–Crippen MR) is 75.0 cm³/mol. The van der Waals surface area contributed by atoms with Crippen molar-refractivity contribution in [2.24, 2.45) is 17.1 Å². The zero-order valence-electron chi connectivity index (χ0n) is 10.7. The molecule has 1 saturated heterocycles. The molecule has 5 nitrogen and oxygen atoms in total. The average Bonchev–Trinajstić information content (AvgIpc) is 2.64. The number of sulfone groups is 1. The van der Waals surface area contributed by atoms with Gasteiger partial charge >= 0.3 is 0 Å².